The highest BCUT2D eigenvalue weighted by atomic mass is 16.6. The lowest BCUT2D eigenvalue weighted by molar-refractivity contribution is -0.229. The lowest BCUT2D eigenvalue weighted by Crippen LogP contribution is -2.81. The molecule has 3 heterocycles. The Morgan fingerprint density at radius 1 is 1.23 bits per heavy atom. The first-order chi connectivity index (χ1) is 16.7. The van der Waals surface area contributed by atoms with Gasteiger partial charge in [0.1, 0.15) is 5.75 Å². The number of anilines is 1. The minimum Gasteiger partial charge on any atom is -0.497 e. The van der Waals surface area contributed by atoms with E-state index in [0.717, 1.165) is 43.6 Å². The normalized spacial score (nSPS) is 36.9. The van der Waals surface area contributed by atoms with E-state index in [2.05, 4.69) is 30.0 Å². The van der Waals surface area contributed by atoms with Gasteiger partial charge < -0.3 is 24.2 Å². The third-order valence-corrected chi connectivity index (χ3v) is 8.97. The van der Waals surface area contributed by atoms with E-state index in [-0.39, 0.29) is 6.04 Å². The van der Waals surface area contributed by atoms with Gasteiger partial charge in [0, 0.05) is 49.1 Å². The molecule has 4 aliphatic rings. The zero-order valence-electron chi connectivity index (χ0n) is 21.2. The molecule has 190 valence electrons. The van der Waals surface area contributed by atoms with Gasteiger partial charge in [-0.2, -0.15) is 0 Å². The van der Waals surface area contributed by atoms with Crippen molar-refractivity contribution in [3.8, 4) is 5.75 Å². The Bertz CT molecular complexity index is 1070. The van der Waals surface area contributed by atoms with Crippen molar-refractivity contribution in [1.29, 1.82) is 0 Å². The molecule has 1 N–H and O–H groups in total. The fraction of sp³-hybridized carbons (Fsp3) is 0.630. The highest BCUT2D eigenvalue weighted by Gasteiger charge is 2.80. The van der Waals surface area contributed by atoms with E-state index in [1.165, 1.54) is 14.0 Å². The summed E-state index contributed by atoms with van der Waals surface area (Å²) in [7, 11) is 4.81. The van der Waals surface area contributed by atoms with Gasteiger partial charge in [-0.15, -0.1) is 0 Å². The third-order valence-electron chi connectivity index (χ3n) is 8.97. The summed E-state index contributed by atoms with van der Waals surface area (Å²) < 4.78 is 16.8. The number of methoxy groups -OCH3 is 2. The summed E-state index contributed by atoms with van der Waals surface area (Å²) in [5.74, 6) is -0.588. The zero-order valence-corrected chi connectivity index (χ0v) is 21.2. The van der Waals surface area contributed by atoms with Crippen molar-refractivity contribution in [2.24, 2.45) is 5.41 Å². The van der Waals surface area contributed by atoms with Crippen LogP contribution in [0.3, 0.4) is 0 Å². The van der Waals surface area contributed by atoms with E-state index in [1.54, 1.807) is 7.11 Å². The molecule has 0 aromatic heterocycles. The first-order valence-electron chi connectivity index (χ1n) is 12.5. The Morgan fingerprint density at radius 3 is 2.66 bits per heavy atom. The van der Waals surface area contributed by atoms with Gasteiger partial charge in [0.2, 0.25) is 5.60 Å². The number of aliphatic hydroxyl groups is 1. The molecule has 6 atom stereocenters. The van der Waals surface area contributed by atoms with Crippen molar-refractivity contribution in [3.63, 3.8) is 0 Å². The number of hydrogen-bond acceptors (Lipinski definition) is 8. The molecule has 0 radical (unpaired) electrons. The number of ether oxygens (including phenoxy) is 3. The molecular weight excluding hydrogens is 448 g/mol. The van der Waals surface area contributed by atoms with Crippen LogP contribution in [0.1, 0.15) is 45.1 Å². The first kappa shape index (κ1) is 24.1. The zero-order chi connectivity index (χ0) is 25.2. The van der Waals surface area contributed by atoms with Crippen molar-refractivity contribution >= 4 is 17.6 Å². The van der Waals surface area contributed by atoms with E-state index in [0.29, 0.717) is 12.2 Å². The SMILES string of the molecule is CCCC[C@]12C=CCN3CC[C@]4(c5ccc(OC)cc5N(C)[C@@H]4[C@](O)(C(=O)OC)[C@H]1OC(C)=O)[C@@H]32. The Balaban J connectivity index is 1.85. The summed E-state index contributed by atoms with van der Waals surface area (Å²) in [5, 5.41) is 12.6. The summed E-state index contributed by atoms with van der Waals surface area (Å²) in [6.07, 6.45) is 6.40. The second-order valence-corrected chi connectivity index (χ2v) is 10.5. The van der Waals surface area contributed by atoms with Crippen LogP contribution in [0, 0.1) is 5.41 Å². The monoisotopic (exact) mass is 484 g/mol. The van der Waals surface area contributed by atoms with Crippen LogP contribution >= 0.6 is 0 Å². The predicted octanol–water partition coefficient (Wildman–Crippen LogP) is 2.42. The molecule has 3 aliphatic heterocycles. The van der Waals surface area contributed by atoms with Crippen LogP contribution in [-0.2, 0) is 24.5 Å². The van der Waals surface area contributed by atoms with Crippen molar-refractivity contribution < 1.29 is 28.9 Å². The lowest BCUT2D eigenvalue weighted by Gasteiger charge is -2.63. The number of hydrogen-bond donors (Lipinski definition) is 1. The maximum absolute atomic E-state index is 13.7. The fourth-order valence-corrected chi connectivity index (χ4v) is 8.01. The van der Waals surface area contributed by atoms with Crippen LogP contribution in [0.5, 0.6) is 5.75 Å². The van der Waals surface area contributed by atoms with Crippen molar-refractivity contribution in [3.05, 3.63) is 35.9 Å². The van der Waals surface area contributed by atoms with E-state index >= 15 is 0 Å². The largest absolute Gasteiger partial charge is 0.497 e. The van der Waals surface area contributed by atoms with Gasteiger partial charge in [0.25, 0.3) is 0 Å². The van der Waals surface area contributed by atoms with Crippen molar-refractivity contribution in [2.45, 2.75) is 68.7 Å². The highest BCUT2D eigenvalue weighted by Crippen LogP contribution is 2.67. The number of likely N-dealkylation sites (N-methyl/N-ethyl adjacent to an activating group) is 1. The average molecular weight is 485 g/mol. The topological polar surface area (TPSA) is 88.5 Å². The Kier molecular flexibility index (Phi) is 5.68. The molecule has 1 spiro atoms. The Hall–Kier alpha value is -2.58. The molecule has 0 bridgehead atoms. The maximum Gasteiger partial charge on any atom is 0.344 e. The summed E-state index contributed by atoms with van der Waals surface area (Å²) in [5.41, 5.74) is -1.38. The molecule has 8 nitrogen and oxygen atoms in total. The Labute approximate surface area is 206 Å². The quantitative estimate of drug-likeness (QED) is 0.487. The molecule has 8 heteroatoms. The van der Waals surface area contributed by atoms with E-state index in [1.807, 2.05) is 24.1 Å². The van der Waals surface area contributed by atoms with Crippen LogP contribution in [0.25, 0.3) is 0 Å². The summed E-state index contributed by atoms with van der Waals surface area (Å²) in [6.45, 7) is 5.06. The average Bonchev–Trinajstić information content (AvgIpc) is 3.36. The number of unbranched alkanes of at least 4 members (excludes halogenated alkanes) is 1. The van der Waals surface area contributed by atoms with Crippen LogP contribution < -0.4 is 9.64 Å². The molecule has 1 aromatic rings. The van der Waals surface area contributed by atoms with E-state index in [4.69, 9.17) is 14.2 Å². The number of fused-ring (bicyclic) bond motifs is 1. The van der Waals surface area contributed by atoms with Gasteiger partial charge >= 0.3 is 11.9 Å². The highest BCUT2D eigenvalue weighted by molar-refractivity contribution is 5.87. The van der Waals surface area contributed by atoms with Crippen LogP contribution in [0.4, 0.5) is 5.69 Å². The lowest BCUT2D eigenvalue weighted by atomic mass is 9.47. The second kappa shape index (κ2) is 8.23. The van der Waals surface area contributed by atoms with Crippen LogP contribution in [-0.4, -0.2) is 80.1 Å². The maximum atomic E-state index is 13.7. The third kappa shape index (κ3) is 2.93. The number of benzene rings is 1. The van der Waals surface area contributed by atoms with Crippen molar-refractivity contribution in [2.75, 3.05) is 39.3 Å². The summed E-state index contributed by atoms with van der Waals surface area (Å²) in [4.78, 5) is 30.6. The number of esters is 2. The smallest absolute Gasteiger partial charge is 0.344 e. The number of carbonyl (C=O) groups excluding carboxylic acids is 2. The fourth-order valence-electron chi connectivity index (χ4n) is 8.01. The van der Waals surface area contributed by atoms with Crippen LogP contribution in [0.2, 0.25) is 0 Å². The van der Waals surface area contributed by atoms with Crippen molar-refractivity contribution in [1.82, 2.24) is 4.90 Å². The van der Waals surface area contributed by atoms with E-state index < -0.39 is 40.5 Å². The van der Waals surface area contributed by atoms with Gasteiger partial charge in [0.05, 0.1) is 20.3 Å². The standard InChI is InChI=1S/C27H36N2O6/c1-6-7-11-25-12-8-14-29-15-13-26(21(25)29)19-10-9-18(33-4)16-20(19)28(3)22(26)27(32,24(31)34-5)23(25)35-17(2)30/h8-10,12,16,21-23,32H,6-7,11,13-15H2,1-5H3/t21-,22-,23-,25+,26-,27+/m0/s1. The van der Waals surface area contributed by atoms with Gasteiger partial charge in [0.15, 0.2) is 6.10 Å². The van der Waals surface area contributed by atoms with Gasteiger partial charge in [-0.05, 0) is 31.0 Å². The second-order valence-electron chi connectivity index (χ2n) is 10.5. The first-order valence-corrected chi connectivity index (χ1v) is 12.5. The minimum atomic E-state index is -2.08. The van der Waals surface area contributed by atoms with Gasteiger partial charge in [-0.25, -0.2) is 4.79 Å². The predicted molar refractivity (Wildman–Crippen MR) is 130 cm³/mol. The molecule has 1 aromatic carbocycles. The minimum absolute atomic E-state index is 0.0528. The molecule has 5 rings (SSSR count). The number of carbonyl (C=O) groups is 2. The molecule has 0 amide bonds. The molecule has 1 aliphatic carbocycles. The number of nitrogens with zero attached hydrogens (tertiary/aromatic N) is 2. The van der Waals surface area contributed by atoms with E-state index in [9.17, 15) is 14.7 Å². The molecule has 2 fully saturated rings. The molecule has 0 unspecified atom stereocenters. The Morgan fingerprint density at radius 2 is 2.00 bits per heavy atom. The molecule has 1 saturated heterocycles. The van der Waals surface area contributed by atoms with Crippen LogP contribution in [0.15, 0.2) is 30.4 Å². The van der Waals surface area contributed by atoms with Gasteiger partial charge in [-0.1, -0.05) is 38.0 Å². The summed E-state index contributed by atoms with van der Waals surface area (Å²) in [6, 6.07) is 5.28. The molecular formula is C27H36N2O6. The molecule has 35 heavy (non-hydrogen) atoms. The number of rotatable bonds is 6. The van der Waals surface area contributed by atoms with Gasteiger partial charge in [-0.3, -0.25) is 9.69 Å². The summed E-state index contributed by atoms with van der Waals surface area (Å²) >= 11 is 0. The molecule has 1 saturated carbocycles.